The number of nitrogens with zero attached hydrogens (tertiary/aromatic N) is 2. The smallest absolute Gasteiger partial charge is 0.229 e. The van der Waals surface area contributed by atoms with Crippen molar-refractivity contribution in [1.82, 2.24) is 4.98 Å². The third-order valence-corrected chi connectivity index (χ3v) is 8.46. The Labute approximate surface area is 272 Å². The maximum absolute atomic E-state index is 11.3. The molecule has 0 spiro atoms. The SMILES string of the molecule is Cc1cc(C)cc(-c2ccc(-c3cccc4oc(-c5ccccc5N=Cc5cc(C(C)(C)C)cc(C(C)(C)C)c5O)nc34)cc2)c1. The number of aliphatic imine (C=N–C) groups is 1. The van der Waals surface area contributed by atoms with E-state index in [1.165, 1.54) is 22.3 Å². The van der Waals surface area contributed by atoms with Crippen molar-refractivity contribution < 1.29 is 9.52 Å². The van der Waals surface area contributed by atoms with Crippen LogP contribution in [-0.2, 0) is 10.8 Å². The average Bonchev–Trinajstić information content (AvgIpc) is 3.44. The maximum atomic E-state index is 11.3. The molecule has 0 amide bonds. The fourth-order valence-electron chi connectivity index (χ4n) is 5.95. The summed E-state index contributed by atoms with van der Waals surface area (Å²) in [5, 5.41) is 11.3. The predicted octanol–water partition coefficient (Wildman–Crippen LogP) is 11.5. The Kier molecular flexibility index (Phi) is 7.93. The molecule has 0 saturated carbocycles. The van der Waals surface area contributed by atoms with Crippen molar-refractivity contribution in [3.63, 3.8) is 0 Å². The Morgan fingerprint density at radius 1 is 0.674 bits per heavy atom. The monoisotopic (exact) mass is 606 g/mol. The minimum atomic E-state index is -0.221. The van der Waals surface area contributed by atoms with E-state index >= 15 is 0 Å². The fraction of sp³-hybridized carbons (Fsp3) is 0.238. The topological polar surface area (TPSA) is 58.6 Å². The number of fused-ring (bicyclic) bond motifs is 1. The number of oxazole rings is 1. The molecule has 0 aliphatic rings. The van der Waals surface area contributed by atoms with E-state index in [4.69, 9.17) is 14.4 Å². The average molecular weight is 607 g/mol. The zero-order valence-corrected chi connectivity index (χ0v) is 28.1. The fourth-order valence-corrected chi connectivity index (χ4v) is 5.95. The molecule has 4 nitrogen and oxygen atoms in total. The van der Waals surface area contributed by atoms with Crippen molar-refractivity contribution in [2.75, 3.05) is 0 Å². The summed E-state index contributed by atoms with van der Waals surface area (Å²) in [5.41, 5.74) is 12.5. The molecule has 0 fully saturated rings. The van der Waals surface area contributed by atoms with Crippen molar-refractivity contribution in [3.8, 4) is 39.5 Å². The van der Waals surface area contributed by atoms with E-state index in [9.17, 15) is 5.11 Å². The first kappa shape index (κ1) is 31.0. The Balaban J connectivity index is 1.37. The van der Waals surface area contributed by atoms with Gasteiger partial charge in [-0.15, -0.1) is 0 Å². The standard InChI is InChI=1S/C42H42N2O2/c1-26-20-27(2)22-30(21-26)28-16-18-29(19-17-28)33-13-11-15-37-38(33)44-40(46-37)34-12-9-10-14-36(34)43-25-31-23-32(41(3,4)5)24-35(39(31)45)42(6,7)8/h9-25,45H,1-8H3. The zero-order valence-electron chi connectivity index (χ0n) is 28.1. The van der Waals surface area contributed by atoms with Crippen LogP contribution in [0.3, 0.4) is 0 Å². The summed E-state index contributed by atoms with van der Waals surface area (Å²) in [4.78, 5) is 9.88. The lowest BCUT2D eigenvalue weighted by Crippen LogP contribution is -2.17. The van der Waals surface area contributed by atoms with Crippen molar-refractivity contribution in [1.29, 1.82) is 0 Å². The summed E-state index contributed by atoms with van der Waals surface area (Å²) in [6.07, 6.45) is 1.75. The van der Waals surface area contributed by atoms with Gasteiger partial charge in [0.05, 0.1) is 11.3 Å². The first-order valence-corrected chi connectivity index (χ1v) is 15.9. The lowest BCUT2D eigenvalue weighted by Gasteiger charge is -2.27. The van der Waals surface area contributed by atoms with E-state index < -0.39 is 0 Å². The van der Waals surface area contributed by atoms with E-state index in [1.54, 1.807) is 6.21 Å². The minimum Gasteiger partial charge on any atom is -0.507 e. The molecule has 46 heavy (non-hydrogen) atoms. The second kappa shape index (κ2) is 11.8. The van der Waals surface area contributed by atoms with Crippen LogP contribution < -0.4 is 0 Å². The Bertz CT molecular complexity index is 2060. The minimum absolute atomic E-state index is 0.0793. The third-order valence-electron chi connectivity index (χ3n) is 8.46. The van der Waals surface area contributed by atoms with Gasteiger partial charge in [-0.3, -0.25) is 4.99 Å². The molecule has 4 heteroatoms. The number of aryl methyl sites for hydroxylation is 2. The van der Waals surface area contributed by atoms with Crippen LogP contribution in [0.25, 0.3) is 44.8 Å². The Hall–Kier alpha value is -4.96. The van der Waals surface area contributed by atoms with E-state index in [-0.39, 0.29) is 16.6 Å². The molecule has 1 aromatic heterocycles. The highest BCUT2D eigenvalue weighted by molar-refractivity contribution is 5.94. The number of hydrogen-bond donors (Lipinski definition) is 1. The van der Waals surface area contributed by atoms with Gasteiger partial charge in [0.2, 0.25) is 5.89 Å². The van der Waals surface area contributed by atoms with Crippen LogP contribution in [0.15, 0.2) is 106 Å². The van der Waals surface area contributed by atoms with Gasteiger partial charge in [-0.25, -0.2) is 4.98 Å². The second-order valence-corrected chi connectivity index (χ2v) is 14.4. The van der Waals surface area contributed by atoms with Crippen LogP contribution in [0.5, 0.6) is 5.75 Å². The molecule has 0 aliphatic heterocycles. The summed E-state index contributed by atoms with van der Waals surface area (Å²) in [7, 11) is 0. The molecule has 5 aromatic carbocycles. The predicted molar refractivity (Wildman–Crippen MR) is 193 cm³/mol. The molecular formula is C42H42N2O2. The summed E-state index contributed by atoms with van der Waals surface area (Å²) in [6.45, 7) is 17.2. The lowest BCUT2D eigenvalue weighted by molar-refractivity contribution is 0.444. The molecule has 0 saturated heterocycles. The van der Waals surface area contributed by atoms with Crippen molar-refractivity contribution in [2.45, 2.75) is 66.2 Å². The van der Waals surface area contributed by atoms with Crippen LogP contribution in [-0.4, -0.2) is 16.3 Å². The largest absolute Gasteiger partial charge is 0.507 e. The van der Waals surface area contributed by atoms with Gasteiger partial charge in [-0.2, -0.15) is 0 Å². The van der Waals surface area contributed by atoms with Gasteiger partial charge in [-0.1, -0.05) is 125 Å². The van der Waals surface area contributed by atoms with E-state index in [0.717, 1.165) is 38.9 Å². The Morgan fingerprint density at radius 3 is 2.00 bits per heavy atom. The van der Waals surface area contributed by atoms with Crippen LogP contribution in [0, 0.1) is 13.8 Å². The Morgan fingerprint density at radius 2 is 1.33 bits per heavy atom. The van der Waals surface area contributed by atoms with Crippen LogP contribution in [0.2, 0.25) is 0 Å². The quantitative estimate of drug-likeness (QED) is 0.199. The van der Waals surface area contributed by atoms with E-state index in [0.29, 0.717) is 17.1 Å². The normalized spacial score (nSPS) is 12.3. The van der Waals surface area contributed by atoms with Crippen LogP contribution in [0.4, 0.5) is 5.69 Å². The summed E-state index contributed by atoms with van der Waals surface area (Å²) in [6, 6.07) is 33.3. The van der Waals surface area contributed by atoms with E-state index in [2.05, 4.69) is 110 Å². The number of aromatic nitrogens is 1. The van der Waals surface area contributed by atoms with Crippen LogP contribution >= 0.6 is 0 Å². The molecule has 0 bridgehead atoms. The first-order valence-electron chi connectivity index (χ1n) is 15.9. The number of aromatic hydroxyl groups is 1. The van der Waals surface area contributed by atoms with Gasteiger partial charge in [0.1, 0.15) is 11.3 Å². The second-order valence-electron chi connectivity index (χ2n) is 14.4. The highest BCUT2D eigenvalue weighted by Crippen LogP contribution is 2.39. The highest BCUT2D eigenvalue weighted by Gasteiger charge is 2.24. The van der Waals surface area contributed by atoms with Crippen molar-refractivity contribution in [2.24, 2.45) is 4.99 Å². The maximum Gasteiger partial charge on any atom is 0.229 e. The molecule has 0 radical (unpaired) electrons. The molecule has 1 N–H and O–H groups in total. The third kappa shape index (κ3) is 6.25. The van der Waals surface area contributed by atoms with Gasteiger partial charge in [-0.05, 0) is 71.2 Å². The molecule has 6 rings (SSSR count). The van der Waals surface area contributed by atoms with Gasteiger partial charge < -0.3 is 9.52 Å². The molecule has 0 aliphatic carbocycles. The molecule has 0 unspecified atom stereocenters. The number of phenolic OH excluding ortho intramolecular Hbond substituents is 1. The van der Waals surface area contributed by atoms with Gasteiger partial charge in [0.15, 0.2) is 5.58 Å². The first-order chi connectivity index (χ1) is 21.8. The molecular weight excluding hydrogens is 564 g/mol. The number of benzene rings is 5. The van der Waals surface area contributed by atoms with Gasteiger partial charge in [0.25, 0.3) is 0 Å². The molecule has 232 valence electrons. The van der Waals surface area contributed by atoms with Gasteiger partial charge in [0, 0.05) is 22.9 Å². The van der Waals surface area contributed by atoms with Gasteiger partial charge >= 0.3 is 0 Å². The molecule has 0 atom stereocenters. The summed E-state index contributed by atoms with van der Waals surface area (Å²) >= 11 is 0. The number of hydrogen-bond acceptors (Lipinski definition) is 4. The number of para-hydroxylation sites is 2. The summed E-state index contributed by atoms with van der Waals surface area (Å²) < 4.78 is 6.35. The highest BCUT2D eigenvalue weighted by atomic mass is 16.3. The molecule has 1 heterocycles. The van der Waals surface area contributed by atoms with Crippen molar-refractivity contribution >= 4 is 23.0 Å². The van der Waals surface area contributed by atoms with E-state index in [1.807, 2.05) is 42.5 Å². The number of rotatable bonds is 5. The van der Waals surface area contributed by atoms with Crippen LogP contribution in [0.1, 0.15) is 69.4 Å². The lowest BCUT2D eigenvalue weighted by atomic mass is 9.79. The number of phenols is 1. The zero-order chi connectivity index (χ0) is 32.8. The van der Waals surface area contributed by atoms with Crippen molar-refractivity contribution in [3.05, 3.63) is 125 Å². The molecule has 6 aromatic rings. The summed E-state index contributed by atoms with van der Waals surface area (Å²) in [5.74, 6) is 0.766.